The first kappa shape index (κ1) is 16.5. The second-order valence-electron chi connectivity index (χ2n) is 5.02. The maximum atomic E-state index is 11.1. The molecule has 1 aromatic heterocycles. The molecule has 0 amide bonds. The van der Waals surface area contributed by atoms with Crippen molar-refractivity contribution >= 4 is 35.4 Å². The zero-order valence-corrected chi connectivity index (χ0v) is 14.0. The number of rotatable bonds is 6. The van der Waals surface area contributed by atoms with Gasteiger partial charge in [-0.2, -0.15) is 0 Å². The van der Waals surface area contributed by atoms with Gasteiger partial charge in [-0.15, -0.1) is 0 Å². The Hall–Kier alpha value is -0.880. The van der Waals surface area contributed by atoms with Crippen molar-refractivity contribution in [1.82, 2.24) is 14.8 Å². The van der Waals surface area contributed by atoms with Gasteiger partial charge in [-0.25, -0.2) is 4.98 Å². The Morgan fingerprint density at radius 1 is 1.43 bits per heavy atom. The lowest BCUT2D eigenvalue weighted by Gasteiger charge is -2.29. The third-order valence-corrected chi connectivity index (χ3v) is 4.29. The number of aromatic amines is 1. The molecule has 114 valence electrons. The van der Waals surface area contributed by atoms with E-state index in [9.17, 15) is 5.11 Å². The molecule has 0 aliphatic rings. The fourth-order valence-electron chi connectivity index (χ4n) is 2.29. The lowest BCUT2D eigenvalue weighted by atomic mass is 9.88. The van der Waals surface area contributed by atoms with Gasteiger partial charge in [0.25, 0.3) is 0 Å². The van der Waals surface area contributed by atoms with Crippen LogP contribution in [0.3, 0.4) is 0 Å². The van der Waals surface area contributed by atoms with Crippen LogP contribution in [0.2, 0.25) is 10.0 Å². The zero-order valence-electron chi connectivity index (χ0n) is 11.6. The first-order valence-corrected chi connectivity index (χ1v) is 7.91. The van der Waals surface area contributed by atoms with Crippen LogP contribution in [-0.2, 0) is 12.1 Å². The standard InChI is InChI=1S/C14H17Cl2N3OS/c1-2-3-6-14(20,8-19-13(21)17-9-18-19)11-5-4-10(15)7-12(11)16/h4-5,7,9,20H,2-3,6,8H2,1H3,(H,17,18,21). The van der Waals surface area contributed by atoms with Crippen LogP contribution >= 0.6 is 35.4 Å². The highest BCUT2D eigenvalue weighted by atomic mass is 35.5. The van der Waals surface area contributed by atoms with E-state index in [0.29, 0.717) is 26.8 Å². The smallest absolute Gasteiger partial charge is 0.215 e. The SMILES string of the molecule is CCCCC(O)(Cn1[nH]cnc1=S)c1ccc(Cl)cc1Cl. The topological polar surface area (TPSA) is 53.8 Å². The third-order valence-electron chi connectivity index (χ3n) is 3.42. The number of aromatic nitrogens is 3. The molecule has 0 spiro atoms. The van der Waals surface area contributed by atoms with Crippen LogP contribution in [0.1, 0.15) is 31.7 Å². The van der Waals surface area contributed by atoms with Gasteiger partial charge in [0.05, 0.1) is 6.54 Å². The van der Waals surface area contributed by atoms with Crippen molar-refractivity contribution in [3.05, 3.63) is 44.9 Å². The predicted octanol–water partition coefficient (Wildman–Crippen LogP) is 4.33. The summed E-state index contributed by atoms with van der Waals surface area (Å²) in [5, 5.41) is 15.0. The van der Waals surface area contributed by atoms with Crippen molar-refractivity contribution in [3.63, 3.8) is 0 Å². The number of halogens is 2. The summed E-state index contributed by atoms with van der Waals surface area (Å²) in [6.45, 7) is 2.35. The van der Waals surface area contributed by atoms with E-state index < -0.39 is 5.60 Å². The Morgan fingerprint density at radius 2 is 2.19 bits per heavy atom. The monoisotopic (exact) mass is 345 g/mol. The lowest BCUT2D eigenvalue weighted by molar-refractivity contribution is 0.00390. The minimum absolute atomic E-state index is 0.271. The van der Waals surface area contributed by atoms with E-state index in [0.717, 1.165) is 12.8 Å². The maximum absolute atomic E-state index is 11.1. The molecule has 1 aromatic carbocycles. The molecule has 0 fully saturated rings. The maximum Gasteiger partial charge on any atom is 0.215 e. The fraction of sp³-hybridized carbons (Fsp3) is 0.429. The molecule has 0 saturated carbocycles. The Morgan fingerprint density at radius 3 is 2.76 bits per heavy atom. The molecule has 2 N–H and O–H groups in total. The van der Waals surface area contributed by atoms with Crippen LogP contribution in [0.25, 0.3) is 0 Å². The Kier molecular flexibility index (Phi) is 5.43. The zero-order chi connectivity index (χ0) is 15.5. The van der Waals surface area contributed by atoms with Crippen molar-refractivity contribution in [2.45, 2.75) is 38.3 Å². The highest BCUT2D eigenvalue weighted by Gasteiger charge is 2.32. The van der Waals surface area contributed by atoms with Crippen LogP contribution < -0.4 is 0 Å². The van der Waals surface area contributed by atoms with Crippen molar-refractivity contribution in [2.24, 2.45) is 0 Å². The van der Waals surface area contributed by atoms with Crippen molar-refractivity contribution in [2.75, 3.05) is 0 Å². The van der Waals surface area contributed by atoms with Crippen LogP contribution in [0, 0.1) is 4.77 Å². The number of nitrogens with zero attached hydrogens (tertiary/aromatic N) is 2. The first-order valence-electron chi connectivity index (χ1n) is 6.74. The van der Waals surface area contributed by atoms with Crippen molar-refractivity contribution < 1.29 is 5.11 Å². The minimum atomic E-state index is -1.12. The minimum Gasteiger partial charge on any atom is -0.383 e. The molecule has 2 aromatic rings. The molecular weight excluding hydrogens is 329 g/mol. The van der Waals surface area contributed by atoms with Gasteiger partial charge in [0, 0.05) is 15.6 Å². The summed E-state index contributed by atoms with van der Waals surface area (Å²) < 4.78 is 2.03. The van der Waals surface area contributed by atoms with E-state index in [1.165, 1.54) is 6.33 Å². The largest absolute Gasteiger partial charge is 0.383 e. The molecule has 0 saturated heterocycles. The molecule has 4 nitrogen and oxygen atoms in total. The number of aliphatic hydroxyl groups is 1. The van der Waals surface area contributed by atoms with Gasteiger partial charge in [-0.05, 0) is 30.8 Å². The molecule has 0 radical (unpaired) electrons. The molecule has 1 heterocycles. The molecule has 21 heavy (non-hydrogen) atoms. The van der Waals surface area contributed by atoms with Crippen LogP contribution in [0.5, 0.6) is 0 Å². The summed E-state index contributed by atoms with van der Waals surface area (Å²) in [4.78, 5) is 3.97. The summed E-state index contributed by atoms with van der Waals surface area (Å²) in [6, 6.07) is 5.13. The van der Waals surface area contributed by atoms with Crippen LogP contribution in [-0.4, -0.2) is 19.9 Å². The van der Waals surface area contributed by atoms with Crippen molar-refractivity contribution in [3.8, 4) is 0 Å². The number of hydrogen-bond donors (Lipinski definition) is 2. The normalized spacial score (nSPS) is 14.1. The number of hydrogen-bond acceptors (Lipinski definition) is 3. The molecule has 0 aliphatic heterocycles. The summed E-state index contributed by atoms with van der Waals surface area (Å²) in [5.74, 6) is 0. The van der Waals surface area contributed by atoms with Gasteiger partial charge in [0.1, 0.15) is 11.9 Å². The average Bonchev–Trinajstić information content (AvgIpc) is 2.81. The van der Waals surface area contributed by atoms with Gasteiger partial charge >= 0.3 is 0 Å². The first-order chi connectivity index (χ1) is 9.96. The van der Waals surface area contributed by atoms with Crippen LogP contribution in [0.15, 0.2) is 24.5 Å². The Balaban J connectivity index is 2.40. The number of nitrogens with one attached hydrogen (secondary N) is 1. The Bertz CT molecular complexity index is 670. The van der Waals surface area contributed by atoms with E-state index >= 15 is 0 Å². The summed E-state index contributed by atoms with van der Waals surface area (Å²) in [5.41, 5.74) is -0.471. The highest BCUT2D eigenvalue weighted by Crippen LogP contribution is 2.35. The summed E-state index contributed by atoms with van der Waals surface area (Å²) in [7, 11) is 0. The lowest BCUT2D eigenvalue weighted by Crippen LogP contribution is -2.32. The molecule has 0 aliphatic carbocycles. The van der Waals surface area contributed by atoms with Crippen molar-refractivity contribution in [1.29, 1.82) is 0 Å². The van der Waals surface area contributed by atoms with E-state index in [1.54, 1.807) is 22.9 Å². The fourth-order valence-corrected chi connectivity index (χ4v) is 3.04. The van der Waals surface area contributed by atoms with Gasteiger partial charge < -0.3 is 5.11 Å². The predicted molar refractivity (Wildman–Crippen MR) is 87.3 cm³/mol. The average molecular weight is 346 g/mol. The number of H-pyrrole nitrogens is 1. The number of benzene rings is 1. The Labute approximate surface area is 138 Å². The molecule has 1 unspecified atom stereocenters. The second-order valence-corrected chi connectivity index (χ2v) is 6.22. The van der Waals surface area contributed by atoms with Gasteiger partial charge in [-0.3, -0.25) is 9.78 Å². The third kappa shape index (κ3) is 3.86. The molecule has 7 heteroatoms. The molecule has 1 atom stereocenters. The molecule has 0 bridgehead atoms. The van der Waals surface area contributed by atoms with Gasteiger partial charge in [0.15, 0.2) is 0 Å². The second kappa shape index (κ2) is 6.92. The van der Waals surface area contributed by atoms with Gasteiger partial charge in [0.2, 0.25) is 4.77 Å². The van der Waals surface area contributed by atoms with E-state index in [-0.39, 0.29) is 6.54 Å². The summed E-state index contributed by atoms with van der Waals surface area (Å²) >= 11 is 17.3. The molecular formula is C14H17Cl2N3OS. The van der Waals surface area contributed by atoms with E-state index in [2.05, 4.69) is 17.0 Å². The van der Waals surface area contributed by atoms with E-state index in [1.807, 2.05) is 0 Å². The highest BCUT2D eigenvalue weighted by molar-refractivity contribution is 7.71. The molecule has 2 rings (SSSR count). The number of unbranched alkanes of at least 4 members (excludes halogenated alkanes) is 1. The summed E-state index contributed by atoms with van der Waals surface area (Å²) in [6.07, 6.45) is 3.93. The van der Waals surface area contributed by atoms with Gasteiger partial charge in [-0.1, -0.05) is 49.0 Å². The van der Waals surface area contributed by atoms with Crippen LogP contribution in [0.4, 0.5) is 0 Å². The van der Waals surface area contributed by atoms with E-state index in [4.69, 9.17) is 35.4 Å². The quantitative estimate of drug-likeness (QED) is 0.766.